The number of aryl methyl sites for hydroxylation is 2. The predicted molar refractivity (Wildman–Crippen MR) is 132 cm³/mol. The molecule has 1 aliphatic rings. The molecule has 1 saturated heterocycles. The van der Waals surface area contributed by atoms with E-state index in [4.69, 9.17) is 14.7 Å². The van der Waals surface area contributed by atoms with Crippen LogP contribution in [0.2, 0.25) is 0 Å². The third-order valence-electron chi connectivity index (χ3n) is 5.63. The molecule has 0 saturated carbocycles. The van der Waals surface area contributed by atoms with Crippen LogP contribution < -0.4 is 5.56 Å². The third-order valence-corrected chi connectivity index (χ3v) is 8.59. The molecule has 4 aromatic rings. The summed E-state index contributed by atoms with van der Waals surface area (Å²) >= 11 is 4.77. The second-order valence-corrected chi connectivity index (χ2v) is 10.8. The average Bonchev–Trinajstić information content (AvgIpc) is 3.55. The summed E-state index contributed by atoms with van der Waals surface area (Å²) in [5.41, 5.74) is 3.03. The number of hydrogen-bond donors (Lipinski definition) is 0. The lowest BCUT2D eigenvalue weighted by atomic mass is 10.1. The van der Waals surface area contributed by atoms with E-state index in [9.17, 15) is 4.79 Å². The maximum atomic E-state index is 13.6. The Kier molecular flexibility index (Phi) is 6.41. The van der Waals surface area contributed by atoms with Crippen molar-refractivity contribution in [3.05, 3.63) is 56.3 Å². The SMILES string of the molecule is CCc1c(C)sc2nc(SCc3csc(-c4ccccn4)n3)n(CC3CCCO3)c(=O)c12. The van der Waals surface area contributed by atoms with Crippen LogP contribution in [0.25, 0.3) is 20.9 Å². The molecule has 32 heavy (non-hydrogen) atoms. The topological polar surface area (TPSA) is 69.9 Å². The molecule has 0 amide bonds. The van der Waals surface area contributed by atoms with Crippen LogP contribution in [0.3, 0.4) is 0 Å². The lowest BCUT2D eigenvalue weighted by molar-refractivity contribution is 0.0937. The van der Waals surface area contributed by atoms with Crippen molar-refractivity contribution in [2.24, 2.45) is 0 Å². The van der Waals surface area contributed by atoms with Gasteiger partial charge < -0.3 is 4.74 Å². The van der Waals surface area contributed by atoms with E-state index in [1.165, 1.54) is 4.88 Å². The molecule has 0 aromatic carbocycles. The molecule has 1 atom stereocenters. The van der Waals surface area contributed by atoms with E-state index in [0.717, 1.165) is 63.2 Å². The van der Waals surface area contributed by atoms with Crippen LogP contribution in [0.15, 0.2) is 39.7 Å². The van der Waals surface area contributed by atoms with Gasteiger partial charge in [0.15, 0.2) is 5.16 Å². The Hall–Kier alpha value is -2.07. The Bertz CT molecular complexity index is 1290. The number of hydrogen-bond acceptors (Lipinski definition) is 8. The fraction of sp³-hybridized carbons (Fsp3) is 0.391. The Balaban J connectivity index is 1.47. The minimum Gasteiger partial charge on any atom is -0.376 e. The van der Waals surface area contributed by atoms with Crippen molar-refractivity contribution in [3.8, 4) is 10.7 Å². The van der Waals surface area contributed by atoms with Gasteiger partial charge in [0.2, 0.25) is 0 Å². The van der Waals surface area contributed by atoms with Crippen molar-refractivity contribution >= 4 is 44.7 Å². The van der Waals surface area contributed by atoms with Gasteiger partial charge in [-0.3, -0.25) is 14.3 Å². The fourth-order valence-corrected chi connectivity index (χ4v) is 7.00. The third kappa shape index (κ3) is 4.26. The predicted octanol–water partition coefficient (Wildman–Crippen LogP) is 5.32. The summed E-state index contributed by atoms with van der Waals surface area (Å²) in [6, 6.07) is 5.84. The van der Waals surface area contributed by atoms with Crippen LogP contribution in [0.4, 0.5) is 0 Å². The molecule has 0 radical (unpaired) electrons. The zero-order valence-electron chi connectivity index (χ0n) is 18.0. The number of thioether (sulfide) groups is 1. The van der Waals surface area contributed by atoms with E-state index in [0.29, 0.717) is 12.3 Å². The molecular weight excluding hydrogens is 460 g/mol. The van der Waals surface area contributed by atoms with Gasteiger partial charge in [0.1, 0.15) is 9.84 Å². The first kappa shape index (κ1) is 21.8. The van der Waals surface area contributed by atoms with Crippen molar-refractivity contribution in [1.29, 1.82) is 0 Å². The van der Waals surface area contributed by atoms with Gasteiger partial charge in [0.05, 0.1) is 29.4 Å². The summed E-state index contributed by atoms with van der Waals surface area (Å²) in [6.45, 7) is 5.50. The summed E-state index contributed by atoms with van der Waals surface area (Å²) in [5, 5.41) is 4.49. The van der Waals surface area contributed by atoms with Crippen molar-refractivity contribution in [2.75, 3.05) is 6.61 Å². The van der Waals surface area contributed by atoms with Gasteiger partial charge in [-0.05, 0) is 43.9 Å². The van der Waals surface area contributed by atoms with Gasteiger partial charge in [-0.2, -0.15) is 0 Å². The van der Waals surface area contributed by atoms with Gasteiger partial charge in [-0.25, -0.2) is 9.97 Å². The number of fused-ring (bicyclic) bond motifs is 1. The summed E-state index contributed by atoms with van der Waals surface area (Å²) in [6.07, 6.45) is 4.72. The maximum absolute atomic E-state index is 13.6. The number of nitrogens with zero attached hydrogens (tertiary/aromatic N) is 4. The van der Waals surface area contributed by atoms with Crippen molar-refractivity contribution in [1.82, 2.24) is 19.5 Å². The zero-order valence-corrected chi connectivity index (χ0v) is 20.5. The van der Waals surface area contributed by atoms with Gasteiger partial charge in [0, 0.05) is 28.8 Å². The number of pyridine rings is 1. The molecule has 166 valence electrons. The molecule has 0 bridgehead atoms. The van der Waals surface area contributed by atoms with E-state index < -0.39 is 0 Å². The molecule has 5 heterocycles. The number of rotatable bonds is 7. The van der Waals surface area contributed by atoms with E-state index in [1.54, 1.807) is 40.6 Å². The largest absolute Gasteiger partial charge is 0.376 e. The normalized spacial score (nSPS) is 16.2. The van der Waals surface area contributed by atoms with Crippen LogP contribution in [-0.4, -0.2) is 32.2 Å². The molecule has 0 spiro atoms. The second-order valence-electron chi connectivity index (χ2n) is 7.76. The number of aromatic nitrogens is 4. The summed E-state index contributed by atoms with van der Waals surface area (Å²) in [5.74, 6) is 0.651. The highest BCUT2D eigenvalue weighted by molar-refractivity contribution is 7.98. The molecular formula is C23H24N4O2S3. The highest BCUT2D eigenvalue weighted by Gasteiger charge is 2.23. The molecule has 0 aliphatic carbocycles. The average molecular weight is 485 g/mol. The molecule has 9 heteroatoms. The minimum atomic E-state index is 0.0571. The number of thiophene rings is 1. The highest BCUT2D eigenvalue weighted by atomic mass is 32.2. The second kappa shape index (κ2) is 9.43. The molecule has 1 fully saturated rings. The number of thiazole rings is 1. The standard InChI is InChI=1S/C23H24N4O2S3/c1-3-17-14(2)32-21-19(17)22(28)27(11-16-7-6-10-29-16)23(26-21)31-13-15-12-30-20(25-15)18-8-4-5-9-24-18/h4-5,8-9,12,16H,3,6-7,10-11,13H2,1-2H3. The molecule has 5 rings (SSSR count). The minimum absolute atomic E-state index is 0.0571. The Morgan fingerprint density at radius 3 is 2.97 bits per heavy atom. The van der Waals surface area contributed by atoms with Gasteiger partial charge in [-0.15, -0.1) is 22.7 Å². The van der Waals surface area contributed by atoms with Gasteiger partial charge in [0.25, 0.3) is 5.56 Å². The summed E-state index contributed by atoms with van der Waals surface area (Å²) < 4.78 is 7.68. The molecule has 1 unspecified atom stereocenters. The Morgan fingerprint density at radius 1 is 1.31 bits per heavy atom. The number of ether oxygens (including phenoxy) is 1. The van der Waals surface area contributed by atoms with E-state index >= 15 is 0 Å². The van der Waals surface area contributed by atoms with Crippen LogP contribution >= 0.6 is 34.4 Å². The van der Waals surface area contributed by atoms with Crippen molar-refractivity contribution in [2.45, 2.75) is 56.7 Å². The fourth-order valence-electron chi connectivity index (χ4n) is 4.04. The lowest BCUT2D eigenvalue weighted by Gasteiger charge is -2.15. The first-order chi connectivity index (χ1) is 15.6. The quantitative estimate of drug-likeness (QED) is 0.261. The first-order valence-corrected chi connectivity index (χ1v) is 13.4. The zero-order chi connectivity index (χ0) is 22.1. The first-order valence-electron chi connectivity index (χ1n) is 10.8. The maximum Gasteiger partial charge on any atom is 0.263 e. The summed E-state index contributed by atoms with van der Waals surface area (Å²) in [4.78, 5) is 29.7. The smallest absolute Gasteiger partial charge is 0.263 e. The Labute approximate surface area is 198 Å². The molecule has 1 aliphatic heterocycles. The Morgan fingerprint density at radius 2 is 2.22 bits per heavy atom. The van der Waals surface area contributed by atoms with E-state index in [-0.39, 0.29) is 11.7 Å². The van der Waals surface area contributed by atoms with Crippen LogP contribution in [0, 0.1) is 6.92 Å². The van der Waals surface area contributed by atoms with Crippen LogP contribution in [0.1, 0.15) is 35.9 Å². The van der Waals surface area contributed by atoms with Crippen molar-refractivity contribution in [3.63, 3.8) is 0 Å². The lowest BCUT2D eigenvalue weighted by Crippen LogP contribution is -2.29. The van der Waals surface area contributed by atoms with Gasteiger partial charge in [-0.1, -0.05) is 24.8 Å². The molecule has 6 nitrogen and oxygen atoms in total. The van der Waals surface area contributed by atoms with Gasteiger partial charge >= 0.3 is 0 Å². The van der Waals surface area contributed by atoms with Crippen LogP contribution in [-0.2, 0) is 23.5 Å². The monoisotopic (exact) mass is 484 g/mol. The molecule has 0 N–H and O–H groups in total. The van der Waals surface area contributed by atoms with Crippen LogP contribution in [0.5, 0.6) is 0 Å². The molecule has 4 aromatic heterocycles. The van der Waals surface area contributed by atoms with E-state index in [1.807, 2.05) is 22.8 Å². The van der Waals surface area contributed by atoms with E-state index in [2.05, 4.69) is 24.2 Å². The highest BCUT2D eigenvalue weighted by Crippen LogP contribution is 2.31. The van der Waals surface area contributed by atoms with Crippen molar-refractivity contribution < 1.29 is 4.74 Å². The summed E-state index contributed by atoms with van der Waals surface area (Å²) in [7, 11) is 0.